The molecule has 0 amide bonds. The second kappa shape index (κ2) is 3.31. The molecular weight excluding hydrogens is 270 g/mol. The summed E-state index contributed by atoms with van der Waals surface area (Å²) in [6, 6.07) is 3.15. The largest absolute Gasteiger partial charge is 0.302 e. The van der Waals surface area contributed by atoms with Gasteiger partial charge in [0.2, 0.25) is 0 Å². The van der Waals surface area contributed by atoms with Gasteiger partial charge in [0, 0.05) is 10.0 Å². The number of halogens is 3. The number of carbonyl (C=O) groups excluding carboxylic acids is 1. The Balaban J connectivity index is 2.62. The van der Waals surface area contributed by atoms with Crippen molar-refractivity contribution < 1.29 is 9.18 Å². The first kappa shape index (κ1) is 10.1. The number of carbonyl (C=O) groups is 1. The van der Waals surface area contributed by atoms with Crippen molar-refractivity contribution in [3.63, 3.8) is 0 Å². The van der Waals surface area contributed by atoms with Gasteiger partial charge in [0.1, 0.15) is 12.1 Å². The zero-order chi connectivity index (χ0) is 10.3. The van der Waals surface area contributed by atoms with Crippen LogP contribution in [0.25, 0.3) is 0 Å². The molecule has 1 aliphatic carbocycles. The predicted octanol–water partition coefficient (Wildman–Crippen LogP) is 3.47. The Kier molecular flexibility index (Phi) is 2.40. The standard InChI is InChI=1S/C10H7BrClFO/c11-6-1-2-7(12)9(13)8(6)10(5-14)3-4-10/h1-2,5H,3-4H2. The van der Waals surface area contributed by atoms with Crippen molar-refractivity contribution in [2.24, 2.45) is 0 Å². The summed E-state index contributed by atoms with van der Waals surface area (Å²) in [6.45, 7) is 0. The second-order valence-electron chi connectivity index (χ2n) is 3.49. The Morgan fingerprint density at radius 1 is 1.50 bits per heavy atom. The van der Waals surface area contributed by atoms with Crippen LogP contribution in [0.2, 0.25) is 5.02 Å². The van der Waals surface area contributed by atoms with E-state index in [0.29, 0.717) is 22.9 Å². The van der Waals surface area contributed by atoms with E-state index in [1.54, 1.807) is 6.07 Å². The maximum Gasteiger partial charge on any atom is 0.147 e. The average Bonchev–Trinajstić information content (AvgIpc) is 2.93. The second-order valence-corrected chi connectivity index (χ2v) is 4.75. The summed E-state index contributed by atoms with van der Waals surface area (Å²) in [5, 5.41) is 0.0660. The SMILES string of the molecule is O=CC1(c2c(Br)ccc(Cl)c2F)CC1. The van der Waals surface area contributed by atoms with E-state index in [1.165, 1.54) is 6.07 Å². The Morgan fingerprint density at radius 3 is 2.64 bits per heavy atom. The summed E-state index contributed by atoms with van der Waals surface area (Å²) in [5.74, 6) is -0.481. The van der Waals surface area contributed by atoms with Gasteiger partial charge < -0.3 is 4.79 Å². The lowest BCUT2D eigenvalue weighted by Crippen LogP contribution is -2.11. The highest BCUT2D eigenvalue weighted by Gasteiger charge is 2.47. The summed E-state index contributed by atoms with van der Waals surface area (Å²) in [5.41, 5.74) is -0.228. The van der Waals surface area contributed by atoms with E-state index in [2.05, 4.69) is 15.9 Å². The van der Waals surface area contributed by atoms with E-state index in [1.807, 2.05) is 0 Å². The highest BCUT2D eigenvalue weighted by atomic mass is 79.9. The van der Waals surface area contributed by atoms with Crippen LogP contribution in [-0.2, 0) is 10.2 Å². The van der Waals surface area contributed by atoms with E-state index in [0.717, 1.165) is 6.29 Å². The van der Waals surface area contributed by atoms with Crippen LogP contribution in [0.5, 0.6) is 0 Å². The third kappa shape index (κ3) is 1.39. The van der Waals surface area contributed by atoms with Crippen molar-refractivity contribution in [1.29, 1.82) is 0 Å². The topological polar surface area (TPSA) is 17.1 Å². The lowest BCUT2D eigenvalue weighted by atomic mass is 9.97. The minimum Gasteiger partial charge on any atom is -0.302 e. The van der Waals surface area contributed by atoms with E-state index >= 15 is 0 Å². The van der Waals surface area contributed by atoms with E-state index in [4.69, 9.17) is 11.6 Å². The van der Waals surface area contributed by atoms with E-state index in [9.17, 15) is 9.18 Å². The molecule has 1 aliphatic rings. The monoisotopic (exact) mass is 276 g/mol. The molecule has 0 aliphatic heterocycles. The van der Waals surface area contributed by atoms with Crippen LogP contribution in [0.4, 0.5) is 4.39 Å². The summed E-state index contributed by atoms with van der Waals surface area (Å²) in [7, 11) is 0. The first-order valence-corrected chi connectivity index (χ1v) is 5.38. The number of rotatable bonds is 2. The highest BCUT2D eigenvalue weighted by molar-refractivity contribution is 9.10. The van der Waals surface area contributed by atoms with Crippen molar-refractivity contribution in [2.45, 2.75) is 18.3 Å². The quantitative estimate of drug-likeness (QED) is 0.597. The van der Waals surface area contributed by atoms with Crippen LogP contribution in [0, 0.1) is 5.82 Å². The minimum atomic E-state index is -0.631. The molecule has 1 saturated carbocycles. The first-order chi connectivity index (χ1) is 6.60. The van der Waals surface area contributed by atoms with Gasteiger partial charge in [-0.2, -0.15) is 0 Å². The molecule has 1 aromatic rings. The lowest BCUT2D eigenvalue weighted by Gasteiger charge is -2.12. The smallest absolute Gasteiger partial charge is 0.147 e. The molecule has 0 bridgehead atoms. The fourth-order valence-corrected chi connectivity index (χ4v) is 2.40. The molecule has 4 heteroatoms. The summed E-state index contributed by atoms with van der Waals surface area (Å²) >= 11 is 8.91. The van der Waals surface area contributed by atoms with Crippen LogP contribution in [0.3, 0.4) is 0 Å². The van der Waals surface area contributed by atoms with Crippen LogP contribution in [0.1, 0.15) is 18.4 Å². The Hall–Kier alpha value is -0.410. The molecule has 0 unspecified atom stereocenters. The third-order valence-electron chi connectivity index (χ3n) is 2.56. The fourth-order valence-electron chi connectivity index (χ4n) is 1.54. The summed E-state index contributed by atoms with van der Waals surface area (Å²) < 4.78 is 14.3. The molecule has 14 heavy (non-hydrogen) atoms. The maximum absolute atomic E-state index is 13.7. The molecule has 74 valence electrons. The van der Waals surface area contributed by atoms with Crippen molar-refractivity contribution in [3.05, 3.63) is 33.0 Å². The average molecular weight is 278 g/mol. The summed E-state index contributed by atoms with van der Waals surface area (Å²) in [4.78, 5) is 10.9. The van der Waals surface area contributed by atoms with Crippen molar-refractivity contribution >= 4 is 33.8 Å². The molecule has 0 saturated heterocycles. The molecule has 0 radical (unpaired) electrons. The van der Waals surface area contributed by atoms with Crippen molar-refractivity contribution in [2.75, 3.05) is 0 Å². The van der Waals surface area contributed by atoms with Crippen LogP contribution >= 0.6 is 27.5 Å². The molecule has 0 aromatic heterocycles. The zero-order valence-electron chi connectivity index (χ0n) is 7.19. The number of aldehydes is 1. The predicted molar refractivity (Wildman–Crippen MR) is 56.1 cm³/mol. The molecule has 0 heterocycles. The van der Waals surface area contributed by atoms with Crippen LogP contribution < -0.4 is 0 Å². The highest BCUT2D eigenvalue weighted by Crippen LogP contribution is 2.50. The lowest BCUT2D eigenvalue weighted by molar-refractivity contribution is -0.109. The Bertz CT molecular complexity index is 401. The fraction of sp³-hybridized carbons (Fsp3) is 0.300. The molecule has 0 spiro atoms. The molecule has 1 nitrogen and oxygen atoms in total. The van der Waals surface area contributed by atoms with Gasteiger partial charge in [-0.15, -0.1) is 0 Å². The molecule has 1 aromatic carbocycles. The van der Waals surface area contributed by atoms with Crippen LogP contribution in [-0.4, -0.2) is 6.29 Å². The van der Waals surface area contributed by atoms with E-state index < -0.39 is 11.2 Å². The van der Waals surface area contributed by atoms with Gasteiger partial charge in [-0.25, -0.2) is 4.39 Å². The molecule has 1 fully saturated rings. The van der Waals surface area contributed by atoms with Gasteiger partial charge in [-0.3, -0.25) is 0 Å². The molecule has 0 atom stereocenters. The molecule has 0 N–H and O–H groups in total. The maximum atomic E-state index is 13.7. The number of hydrogen-bond acceptors (Lipinski definition) is 1. The van der Waals surface area contributed by atoms with Crippen molar-refractivity contribution in [3.8, 4) is 0 Å². The normalized spacial score (nSPS) is 17.9. The zero-order valence-corrected chi connectivity index (χ0v) is 9.53. The van der Waals surface area contributed by atoms with Gasteiger partial charge in [0.15, 0.2) is 0 Å². The number of hydrogen-bond donors (Lipinski definition) is 0. The molecule has 2 rings (SSSR count). The van der Waals surface area contributed by atoms with Crippen LogP contribution in [0.15, 0.2) is 16.6 Å². The van der Waals surface area contributed by atoms with Gasteiger partial charge in [0.25, 0.3) is 0 Å². The van der Waals surface area contributed by atoms with Gasteiger partial charge in [-0.1, -0.05) is 27.5 Å². The Labute approximate surface area is 94.4 Å². The van der Waals surface area contributed by atoms with Gasteiger partial charge >= 0.3 is 0 Å². The summed E-state index contributed by atoms with van der Waals surface area (Å²) in [6.07, 6.45) is 2.21. The van der Waals surface area contributed by atoms with Gasteiger partial charge in [-0.05, 0) is 25.0 Å². The minimum absolute atomic E-state index is 0.0660. The number of benzene rings is 1. The van der Waals surface area contributed by atoms with E-state index in [-0.39, 0.29) is 5.02 Å². The third-order valence-corrected chi connectivity index (χ3v) is 3.51. The molecular formula is C10H7BrClFO. The Morgan fingerprint density at radius 2 is 2.14 bits per heavy atom. The van der Waals surface area contributed by atoms with Gasteiger partial charge in [0.05, 0.1) is 10.4 Å². The first-order valence-electron chi connectivity index (χ1n) is 4.21. The van der Waals surface area contributed by atoms with Crippen molar-refractivity contribution in [1.82, 2.24) is 0 Å².